The molecule has 2 nitrogen and oxygen atoms in total. The number of hydrogen-bond donors (Lipinski definition) is 0. The molecule has 3 heteroatoms. The lowest BCUT2D eigenvalue weighted by Gasteiger charge is -1.91. The summed E-state index contributed by atoms with van der Waals surface area (Å²) in [5, 5.41) is 8.25. The molecule has 0 amide bonds. The van der Waals surface area contributed by atoms with Crippen LogP contribution in [0.2, 0.25) is 0 Å². The third-order valence-electron chi connectivity index (χ3n) is 1.21. The van der Waals surface area contributed by atoms with Gasteiger partial charge in [-0.15, -0.1) is 0 Å². The minimum atomic E-state index is -0.502. The zero-order valence-corrected chi connectivity index (χ0v) is 7.13. The molecule has 0 aliphatic carbocycles. The lowest BCUT2D eigenvalue weighted by molar-refractivity contribution is 0.105. The highest BCUT2D eigenvalue weighted by molar-refractivity contribution is 9.10. The Balaban J connectivity index is 3.01. The minimum Gasteiger partial charge on any atom is -0.277 e. The van der Waals surface area contributed by atoms with Crippen LogP contribution in [0.4, 0.5) is 0 Å². The molecular weight excluding hydrogens is 206 g/mol. The van der Waals surface area contributed by atoms with Crippen LogP contribution in [0.25, 0.3) is 0 Å². The summed E-state index contributed by atoms with van der Waals surface area (Å²) in [5.74, 6) is -0.502. The van der Waals surface area contributed by atoms with Crippen molar-refractivity contribution in [3.8, 4) is 6.07 Å². The fourth-order valence-electron chi connectivity index (χ4n) is 0.666. The maximum Gasteiger partial charge on any atom is 0.262 e. The van der Waals surface area contributed by atoms with Crippen LogP contribution >= 0.6 is 15.9 Å². The first-order chi connectivity index (χ1) is 5.24. The molecule has 0 radical (unpaired) electrons. The summed E-state index contributed by atoms with van der Waals surface area (Å²) in [5.41, 5.74) is 0.427. The molecule has 0 spiro atoms. The summed E-state index contributed by atoms with van der Waals surface area (Å²) in [7, 11) is 0. The number of ketones is 1. The van der Waals surface area contributed by atoms with E-state index in [1.807, 2.05) is 0 Å². The maximum atomic E-state index is 10.7. The molecular formula is C8H4BrNO. The van der Waals surface area contributed by atoms with E-state index in [-0.39, 0.29) is 0 Å². The highest BCUT2D eigenvalue weighted by Gasteiger charge is 2.01. The van der Waals surface area contributed by atoms with Gasteiger partial charge in [0.15, 0.2) is 0 Å². The summed E-state index contributed by atoms with van der Waals surface area (Å²) in [6, 6.07) is 8.21. The Morgan fingerprint density at radius 3 is 2.36 bits per heavy atom. The van der Waals surface area contributed by atoms with Gasteiger partial charge in [-0.2, -0.15) is 5.26 Å². The van der Waals surface area contributed by atoms with Gasteiger partial charge in [0.25, 0.3) is 5.78 Å². The van der Waals surface area contributed by atoms with Crippen molar-refractivity contribution in [2.75, 3.05) is 0 Å². The fraction of sp³-hybridized carbons (Fsp3) is 0. The lowest BCUT2D eigenvalue weighted by atomic mass is 10.1. The third-order valence-corrected chi connectivity index (χ3v) is 1.74. The number of nitrogens with zero attached hydrogens (tertiary/aromatic N) is 1. The normalized spacial score (nSPS) is 8.73. The van der Waals surface area contributed by atoms with E-state index in [4.69, 9.17) is 5.26 Å². The van der Waals surface area contributed by atoms with Crippen molar-refractivity contribution in [1.29, 1.82) is 5.26 Å². The zero-order chi connectivity index (χ0) is 8.27. The molecule has 0 heterocycles. The molecule has 11 heavy (non-hydrogen) atoms. The Bertz CT molecular complexity index is 310. The predicted molar refractivity (Wildman–Crippen MR) is 44.1 cm³/mol. The maximum absolute atomic E-state index is 10.7. The Morgan fingerprint density at radius 2 is 1.91 bits per heavy atom. The zero-order valence-electron chi connectivity index (χ0n) is 5.54. The summed E-state index contributed by atoms with van der Waals surface area (Å²) in [6.07, 6.45) is 0. The van der Waals surface area contributed by atoms with Crippen LogP contribution in [0.1, 0.15) is 10.4 Å². The van der Waals surface area contributed by atoms with Crippen LogP contribution < -0.4 is 0 Å². The molecule has 0 aliphatic heterocycles. The van der Waals surface area contributed by atoms with E-state index in [2.05, 4.69) is 15.9 Å². The SMILES string of the molecule is N#CC(=O)c1ccc(Br)cc1. The number of carbonyl (C=O) groups is 1. The molecule has 0 N–H and O–H groups in total. The van der Waals surface area contributed by atoms with Crippen LogP contribution in [-0.4, -0.2) is 5.78 Å². The first-order valence-corrected chi connectivity index (χ1v) is 3.73. The molecule has 1 rings (SSSR count). The van der Waals surface area contributed by atoms with Crippen LogP contribution in [0.3, 0.4) is 0 Å². The monoisotopic (exact) mass is 209 g/mol. The molecule has 0 unspecified atom stereocenters. The van der Waals surface area contributed by atoms with E-state index in [0.29, 0.717) is 5.56 Å². The topological polar surface area (TPSA) is 40.9 Å². The van der Waals surface area contributed by atoms with Crippen LogP contribution in [0, 0.1) is 11.3 Å². The van der Waals surface area contributed by atoms with Gasteiger partial charge in [0.1, 0.15) is 6.07 Å². The van der Waals surface area contributed by atoms with Crippen molar-refractivity contribution in [1.82, 2.24) is 0 Å². The highest BCUT2D eigenvalue weighted by atomic mass is 79.9. The van der Waals surface area contributed by atoms with Gasteiger partial charge < -0.3 is 0 Å². The summed E-state index contributed by atoms with van der Waals surface area (Å²) >= 11 is 3.22. The second-order valence-electron chi connectivity index (χ2n) is 1.95. The second-order valence-corrected chi connectivity index (χ2v) is 2.86. The largest absolute Gasteiger partial charge is 0.277 e. The number of carbonyl (C=O) groups excluding carboxylic acids is 1. The quantitative estimate of drug-likeness (QED) is 0.526. The average Bonchev–Trinajstić information content (AvgIpc) is 2.05. The number of hydrogen-bond acceptors (Lipinski definition) is 2. The molecule has 0 atom stereocenters. The highest BCUT2D eigenvalue weighted by Crippen LogP contribution is 2.10. The number of benzene rings is 1. The smallest absolute Gasteiger partial charge is 0.262 e. The number of halogens is 1. The minimum absolute atomic E-state index is 0.427. The van der Waals surface area contributed by atoms with Gasteiger partial charge in [-0.05, 0) is 24.3 Å². The average molecular weight is 210 g/mol. The van der Waals surface area contributed by atoms with Gasteiger partial charge in [0.05, 0.1) is 0 Å². The van der Waals surface area contributed by atoms with Crippen molar-refractivity contribution in [3.05, 3.63) is 34.3 Å². The van der Waals surface area contributed by atoms with Gasteiger partial charge in [-0.1, -0.05) is 15.9 Å². The second kappa shape index (κ2) is 3.31. The van der Waals surface area contributed by atoms with Crippen molar-refractivity contribution in [2.24, 2.45) is 0 Å². The molecule has 0 fully saturated rings. The van der Waals surface area contributed by atoms with E-state index in [9.17, 15) is 4.79 Å². The lowest BCUT2D eigenvalue weighted by Crippen LogP contribution is -1.92. The molecule has 1 aromatic rings. The van der Waals surface area contributed by atoms with Gasteiger partial charge in [-0.25, -0.2) is 0 Å². The number of nitriles is 1. The van der Waals surface area contributed by atoms with Gasteiger partial charge in [-0.3, -0.25) is 4.79 Å². The number of Topliss-reactive ketones (excluding diaryl/α,β-unsaturated/α-hetero) is 1. The number of rotatable bonds is 1. The first-order valence-electron chi connectivity index (χ1n) is 2.94. The summed E-state index contributed by atoms with van der Waals surface area (Å²) in [4.78, 5) is 10.7. The molecule has 0 aliphatic rings. The molecule has 1 aromatic carbocycles. The molecule has 0 aromatic heterocycles. The molecule has 0 bridgehead atoms. The van der Waals surface area contributed by atoms with Gasteiger partial charge >= 0.3 is 0 Å². The van der Waals surface area contributed by atoms with Crippen LogP contribution in [0.5, 0.6) is 0 Å². The summed E-state index contributed by atoms with van der Waals surface area (Å²) in [6.45, 7) is 0. The van der Waals surface area contributed by atoms with E-state index in [1.165, 1.54) is 0 Å². The first kappa shape index (κ1) is 7.96. The Kier molecular flexibility index (Phi) is 2.40. The van der Waals surface area contributed by atoms with Gasteiger partial charge in [0.2, 0.25) is 0 Å². The summed E-state index contributed by atoms with van der Waals surface area (Å²) < 4.78 is 0.895. The van der Waals surface area contributed by atoms with E-state index < -0.39 is 5.78 Å². The fourth-order valence-corrected chi connectivity index (χ4v) is 0.930. The standard InChI is InChI=1S/C8H4BrNO/c9-7-3-1-6(2-4-7)8(11)5-10/h1-4H. The van der Waals surface area contributed by atoms with Crippen molar-refractivity contribution in [3.63, 3.8) is 0 Å². The van der Waals surface area contributed by atoms with Crippen molar-refractivity contribution in [2.45, 2.75) is 0 Å². The molecule has 54 valence electrons. The predicted octanol–water partition coefficient (Wildman–Crippen LogP) is 2.16. The van der Waals surface area contributed by atoms with E-state index in [1.54, 1.807) is 30.3 Å². The van der Waals surface area contributed by atoms with Crippen LogP contribution in [-0.2, 0) is 0 Å². The molecule has 0 saturated carbocycles. The Morgan fingerprint density at radius 1 is 1.36 bits per heavy atom. The van der Waals surface area contributed by atoms with Gasteiger partial charge in [0, 0.05) is 10.0 Å². The Labute approximate surface area is 72.6 Å². The molecule has 0 saturated heterocycles. The van der Waals surface area contributed by atoms with E-state index in [0.717, 1.165) is 4.47 Å². The van der Waals surface area contributed by atoms with Crippen LogP contribution in [0.15, 0.2) is 28.7 Å². The Hall–Kier alpha value is -1.14. The van der Waals surface area contributed by atoms with Crippen molar-refractivity contribution >= 4 is 21.7 Å². The van der Waals surface area contributed by atoms with Crippen molar-refractivity contribution < 1.29 is 4.79 Å². The third kappa shape index (κ3) is 1.89. The van der Waals surface area contributed by atoms with E-state index >= 15 is 0 Å².